The van der Waals surface area contributed by atoms with Gasteiger partial charge in [-0.25, -0.2) is 18.2 Å². The SMILES string of the molecule is Fc1ccc(NCc2cnco2)c(F)c1F. The third-order valence-corrected chi connectivity index (χ3v) is 1.97. The monoisotopic (exact) mass is 228 g/mol. The molecule has 1 aromatic heterocycles. The van der Waals surface area contributed by atoms with E-state index in [9.17, 15) is 13.2 Å². The third kappa shape index (κ3) is 2.00. The minimum Gasteiger partial charge on any atom is -0.447 e. The Morgan fingerprint density at radius 2 is 2.00 bits per heavy atom. The molecule has 0 aliphatic carbocycles. The second-order valence-corrected chi connectivity index (χ2v) is 3.04. The number of aromatic nitrogens is 1. The zero-order valence-electron chi connectivity index (χ0n) is 8.01. The fraction of sp³-hybridized carbons (Fsp3) is 0.100. The van der Waals surface area contributed by atoms with Crippen LogP contribution in [0.15, 0.2) is 29.1 Å². The number of nitrogens with one attached hydrogen (secondary N) is 1. The van der Waals surface area contributed by atoms with Crippen LogP contribution in [0, 0.1) is 17.5 Å². The molecule has 0 aliphatic heterocycles. The molecule has 84 valence electrons. The molecule has 2 aromatic rings. The first kappa shape index (κ1) is 10.5. The number of hydrogen-bond donors (Lipinski definition) is 1. The molecular weight excluding hydrogens is 221 g/mol. The van der Waals surface area contributed by atoms with E-state index in [2.05, 4.69) is 10.3 Å². The third-order valence-electron chi connectivity index (χ3n) is 1.97. The van der Waals surface area contributed by atoms with Crippen molar-refractivity contribution in [3.05, 3.63) is 47.9 Å². The minimum absolute atomic E-state index is 0.129. The quantitative estimate of drug-likeness (QED) is 0.821. The Morgan fingerprint density at radius 1 is 1.19 bits per heavy atom. The topological polar surface area (TPSA) is 38.1 Å². The summed E-state index contributed by atoms with van der Waals surface area (Å²) in [6.07, 6.45) is 2.66. The maximum atomic E-state index is 13.2. The van der Waals surface area contributed by atoms with Gasteiger partial charge in [-0.15, -0.1) is 0 Å². The molecule has 0 aliphatic rings. The molecular formula is C10H7F3N2O. The number of halogens is 3. The molecule has 16 heavy (non-hydrogen) atoms. The van der Waals surface area contributed by atoms with E-state index in [0.717, 1.165) is 12.1 Å². The molecule has 0 amide bonds. The van der Waals surface area contributed by atoms with Crippen LogP contribution < -0.4 is 5.32 Å². The van der Waals surface area contributed by atoms with Gasteiger partial charge in [0.1, 0.15) is 5.76 Å². The highest BCUT2D eigenvalue weighted by Gasteiger charge is 2.13. The second-order valence-electron chi connectivity index (χ2n) is 3.04. The number of benzene rings is 1. The van der Waals surface area contributed by atoms with E-state index in [0.29, 0.717) is 5.76 Å². The molecule has 0 bridgehead atoms. The zero-order chi connectivity index (χ0) is 11.5. The number of oxazole rings is 1. The number of nitrogens with zero attached hydrogens (tertiary/aromatic N) is 1. The normalized spacial score (nSPS) is 10.4. The molecule has 0 saturated carbocycles. The summed E-state index contributed by atoms with van der Waals surface area (Å²) in [6.45, 7) is 0.141. The van der Waals surface area contributed by atoms with Crippen molar-refractivity contribution < 1.29 is 17.6 Å². The van der Waals surface area contributed by atoms with E-state index in [1.54, 1.807) is 0 Å². The lowest BCUT2D eigenvalue weighted by Crippen LogP contribution is -2.03. The predicted molar refractivity (Wildman–Crippen MR) is 50.1 cm³/mol. The second kappa shape index (κ2) is 4.26. The molecule has 0 saturated heterocycles. The molecule has 6 heteroatoms. The summed E-state index contributed by atoms with van der Waals surface area (Å²) in [7, 11) is 0. The molecule has 0 atom stereocenters. The Kier molecular flexibility index (Phi) is 2.80. The average Bonchev–Trinajstić information content (AvgIpc) is 2.78. The summed E-state index contributed by atoms with van der Waals surface area (Å²) in [5.41, 5.74) is -0.129. The Labute approximate surface area is 88.9 Å². The van der Waals surface area contributed by atoms with Crippen LogP contribution >= 0.6 is 0 Å². The highest BCUT2D eigenvalue weighted by Crippen LogP contribution is 2.20. The van der Waals surface area contributed by atoms with Crippen molar-refractivity contribution in [1.29, 1.82) is 0 Å². The van der Waals surface area contributed by atoms with Crippen LogP contribution in [0.25, 0.3) is 0 Å². The van der Waals surface area contributed by atoms with Crippen LogP contribution in [0.3, 0.4) is 0 Å². The van der Waals surface area contributed by atoms with Gasteiger partial charge < -0.3 is 9.73 Å². The van der Waals surface area contributed by atoms with E-state index < -0.39 is 17.5 Å². The van der Waals surface area contributed by atoms with Crippen molar-refractivity contribution in [2.75, 3.05) is 5.32 Å². The van der Waals surface area contributed by atoms with Gasteiger partial charge in [0.2, 0.25) is 0 Å². The summed E-state index contributed by atoms with van der Waals surface area (Å²) >= 11 is 0. The Balaban J connectivity index is 2.13. The summed E-state index contributed by atoms with van der Waals surface area (Å²) in [5, 5.41) is 2.57. The Hall–Kier alpha value is -1.98. The van der Waals surface area contributed by atoms with Gasteiger partial charge in [-0.05, 0) is 12.1 Å². The first-order chi connectivity index (χ1) is 7.68. The van der Waals surface area contributed by atoms with Crippen molar-refractivity contribution in [2.24, 2.45) is 0 Å². The van der Waals surface area contributed by atoms with Crippen molar-refractivity contribution in [3.8, 4) is 0 Å². The highest BCUT2D eigenvalue weighted by atomic mass is 19.2. The van der Waals surface area contributed by atoms with E-state index in [1.807, 2.05) is 0 Å². The van der Waals surface area contributed by atoms with Gasteiger partial charge in [0.05, 0.1) is 18.4 Å². The fourth-order valence-electron chi connectivity index (χ4n) is 1.17. The maximum absolute atomic E-state index is 13.2. The van der Waals surface area contributed by atoms with Gasteiger partial charge in [0.15, 0.2) is 23.8 Å². The molecule has 0 spiro atoms. The van der Waals surface area contributed by atoms with Crippen LogP contribution in [-0.4, -0.2) is 4.98 Å². The van der Waals surface area contributed by atoms with E-state index >= 15 is 0 Å². The van der Waals surface area contributed by atoms with Crippen molar-refractivity contribution in [2.45, 2.75) is 6.54 Å². The van der Waals surface area contributed by atoms with Gasteiger partial charge in [-0.2, -0.15) is 0 Å². The molecule has 3 nitrogen and oxygen atoms in total. The lowest BCUT2D eigenvalue weighted by molar-refractivity contribution is 0.448. The lowest BCUT2D eigenvalue weighted by atomic mass is 10.2. The largest absolute Gasteiger partial charge is 0.447 e. The van der Waals surface area contributed by atoms with Crippen LogP contribution in [0.5, 0.6) is 0 Å². The van der Waals surface area contributed by atoms with Gasteiger partial charge in [0, 0.05) is 0 Å². The minimum atomic E-state index is -1.50. The molecule has 0 fully saturated rings. The van der Waals surface area contributed by atoms with Crippen molar-refractivity contribution in [3.63, 3.8) is 0 Å². The number of anilines is 1. The van der Waals surface area contributed by atoms with E-state index in [-0.39, 0.29) is 12.2 Å². The molecule has 2 rings (SSSR count). The summed E-state index contributed by atoms with van der Waals surface area (Å²) in [6, 6.07) is 1.96. The average molecular weight is 228 g/mol. The van der Waals surface area contributed by atoms with Crippen LogP contribution in [0.1, 0.15) is 5.76 Å². The number of rotatable bonds is 3. The molecule has 1 N–H and O–H groups in total. The fourth-order valence-corrected chi connectivity index (χ4v) is 1.17. The number of hydrogen-bond acceptors (Lipinski definition) is 3. The van der Waals surface area contributed by atoms with Crippen LogP contribution in [0.4, 0.5) is 18.9 Å². The van der Waals surface area contributed by atoms with Crippen LogP contribution in [-0.2, 0) is 6.54 Å². The van der Waals surface area contributed by atoms with Crippen LogP contribution in [0.2, 0.25) is 0 Å². The van der Waals surface area contributed by atoms with Gasteiger partial charge >= 0.3 is 0 Å². The first-order valence-electron chi connectivity index (χ1n) is 4.43. The zero-order valence-corrected chi connectivity index (χ0v) is 8.01. The van der Waals surface area contributed by atoms with Gasteiger partial charge in [0.25, 0.3) is 0 Å². The van der Waals surface area contributed by atoms with Crippen molar-refractivity contribution in [1.82, 2.24) is 4.98 Å². The first-order valence-corrected chi connectivity index (χ1v) is 4.43. The standard InChI is InChI=1S/C10H7F3N2O/c11-7-1-2-8(10(13)9(7)12)15-4-6-3-14-5-16-6/h1-3,5,15H,4H2. The summed E-state index contributed by atoms with van der Waals surface area (Å²) in [4.78, 5) is 3.65. The highest BCUT2D eigenvalue weighted by molar-refractivity contribution is 5.45. The van der Waals surface area contributed by atoms with Gasteiger partial charge in [-0.1, -0.05) is 0 Å². The smallest absolute Gasteiger partial charge is 0.196 e. The summed E-state index contributed by atoms with van der Waals surface area (Å²) in [5.74, 6) is -3.51. The molecule has 0 unspecified atom stereocenters. The molecule has 0 radical (unpaired) electrons. The Bertz CT molecular complexity index is 485. The molecule has 1 heterocycles. The lowest BCUT2D eigenvalue weighted by Gasteiger charge is -2.06. The molecule has 1 aromatic carbocycles. The Morgan fingerprint density at radius 3 is 2.69 bits per heavy atom. The van der Waals surface area contributed by atoms with E-state index in [1.165, 1.54) is 12.6 Å². The van der Waals surface area contributed by atoms with Crippen molar-refractivity contribution >= 4 is 5.69 Å². The predicted octanol–water partition coefficient (Wildman–Crippen LogP) is 2.70. The van der Waals surface area contributed by atoms with E-state index in [4.69, 9.17) is 4.42 Å². The summed E-state index contributed by atoms with van der Waals surface area (Å²) < 4.78 is 43.5. The van der Waals surface area contributed by atoms with Gasteiger partial charge in [-0.3, -0.25) is 0 Å². The maximum Gasteiger partial charge on any atom is 0.196 e.